The normalized spacial score (nSPS) is 14.6. The molecular weight excluding hydrogens is 222 g/mol. The number of hydrogen-bond donors (Lipinski definition) is 1. The Morgan fingerprint density at radius 1 is 1.11 bits per heavy atom. The first kappa shape index (κ1) is 13.1. The summed E-state index contributed by atoms with van der Waals surface area (Å²) >= 11 is 0. The Balaban J connectivity index is 2.33. The number of ether oxygens (including phenoxy) is 1. The second-order valence-corrected chi connectivity index (χ2v) is 4.53. The molecule has 0 bridgehead atoms. The van der Waals surface area contributed by atoms with E-state index in [9.17, 15) is 0 Å². The van der Waals surface area contributed by atoms with Gasteiger partial charge >= 0.3 is 0 Å². The molecule has 1 N–H and O–H groups in total. The Hall–Kier alpha value is -1.38. The molecule has 2 unspecified atom stereocenters. The van der Waals surface area contributed by atoms with Crippen molar-refractivity contribution < 1.29 is 4.74 Å². The van der Waals surface area contributed by atoms with Gasteiger partial charge in [0.15, 0.2) is 0 Å². The number of benzene rings is 2. The van der Waals surface area contributed by atoms with Gasteiger partial charge in [-0.1, -0.05) is 36.4 Å². The fourth-order valence-corrected chi connectivity index (χ4v) is 2.43. The van der Waals surface area contributed by atoms with Crippen molar-refractivity contribution in [2.45, 2.75) is 26.0 Å². The summed E-state index contributed by atoms with van der Waals surface area (Å²) in [5.41, 5.74) is 1.28. The van der Waals surface area contributed by atoms with E-state index in [4.69, 9.17) is 4.74 Å². The van der Waals surface area contributed by atoms with E-state index in [0.717, 1.165) is 6.61 Å². The van der Waals surface area contributed by atoms with Gasteiger partial charge in [0.25, 0.3) is 0 Å². The molecule has 0 radical (unpaired) electrons. The molecule has 0 heterocycles. The van der Waals surface area contributed by atoms with Gasteiger partial charge in [-0.3, -0.25) is 0 Å². The predicted octanol–water partition coefficient (Wildman–Crippen LogP) is 3.53. The highest BCUT2D eigenvalue weighted by Crippen LogP contribution is 2.23. The van der Waals surface area contributed by atoms with Crippen LogP contribution >= 0.6 is 0 Å². The Bertz CT molecular complexity index is 509. The van der Waals surface area contributed by atoms with Crippen LogP contribution in [0.25, 0.3) is 10.8 Å². The van der Waals surface area contributed by atoms with Crippen molar-refractivity contribution >= 4 is 10.8 Å². The zero-order valence-electron chi connectivity index (χ0n) is 11.3. The summed E-state index contributed by atoms with van der Waals surface area (Å²) in [5, 5.41) is 5.90. The zero-order valence-corrected chi connectivity index (χ0v) is 11.3. The minimum atomic E-state index is 0.168. The second kappa shape index (κ2) is 5.98. The SMILES string of the molecule is CCOC(C)C(NC)c1ccc2ccccc2c1. The van der Waals surface area contributed by atoms with Crippen LogP contribution in [0.2, 0.25) is 0 Å². The predicted molar refractivity (Wildman–Crippen MR) is 76.8 cm³/mol. The van der Waals surface area contributed by atoms with E-state index in [2.05, 4.69) is 54.7 Å². The molecule has 18 heavy (non-hydrogen) atoms. The molecule has 2 heteroatoms. The fourth-order valence-electron chi connectivity index (χ4n) is 2.43. The summed E-state index contributed by atoms with van der Waals surface area (Å²) < 4.78 is 5.70. The van der Waals surface area contributed by atoms with E-state index >= 15 is 0 Å². The van der Waals surface area contributed by atoms with Crippen molar-refractivity contribution in [2.24, 2.45) is 0 Å². The van der Waals surface area contributed by atoms with E-state index in [-0.39, 0.29) is 12.1 Å². The Labute approximate surface area is 109 Å². The van der Waals surface area contributed by atoms with Gasteiger partial charge < -0.3 is 10.1 Å². The van der Waals surface area contributed by atoms with E-state index in [0.29, 0.717) is 0 Å². The van der Waals surface area contributed by atoms with Crippen LogP contribution in [0.15, 0.2) is 42.5 Å². The summed E-state index contributed by atoms with van der Waals surface area (Å²) in [6.45, 7) is 4.89. The van der Waals surface area contributed by atoms with Crippen molar-refractivity contribution in [2.75, 3.05) is 13.7 Å². The third-order valence-corrected chi connectivity index (χ3v) is 3.34. The fraction of sp³-hybridized carbons (Fsp3) is 0.375. The van der Waals surface area contributed by atoms with E-state index in [1.807, 2.05) is 14.0 Å². The second-order valence-electron chi connectivity index (χ2n) is 4.53. The molecule has 2 atom stereocenters. The highest BCUT2D eigenvalue weighted by atomic mass is 16.5. The maximum absolute atomic E-state index is 5.70. The van der Waals surface area contributed by atoms with Gasteiger partial charge in [-0.05, 0) is 43.3 Å². The van der Waals surface area contributed by atoms with Gasteiger partial charge in [0, 0.05) is 6.61 Å². The summed E-state index contributed by atoms with van der Waals surface area (Å²) in [6.07, 6.45) is 0.168. The number of likely N-dealkylation sites (N-methyl/N-ethyl adjacent to an activating group) is 1. The van der Waals surface area contributed by atoms with Gasteiger partial charge in [-0.2, -0.15) is 0 Å². The molecule has 2 nitrogen and oxygen atoms in total. The Morgan fingerprint density at radius 3 is 2.50 bits per heavy atom. The molecule has 0 saturated heterocycles. The molecule has 2 aromatic carbocycles. The molecule has 0 saturated carbocycles. The number of hydrogen-bond acceptors (Lipinski definition) is 2. The van der Waals surface area contributed by atoms with Crippen molar-refractivity contribution in [3.8, 4) is 0 Å². The lowest BCUT2D eigenvalue weighted by Gasteiger charge is -2.24. The Kier molecular flexibility index (Phi) is 4.34. The first-order valence-electron chi connectivity index (χ1n) is 6.53. The topological polar surface area (TPSA) is 21.3 Å². The van der Waals surface area contributed by atoms with Gasteiger partial charge in [0.05, 0.1) is 12.1 Å². The maximum Gasteiger partial charge on any atom is 0.0741 e. The lowest BCUT2D eigenvalue weighted by Crippen LogP contribution is -2.29. The van der Waals surface area contributed by atoms with Crippen LogP contribution in [0.1, 0.15) is 25.5 Å². The summed E-state index contributed by atoms with van der Waals surface area (Å²) in [4.78, 5) is 0. The van der Waals surface area contributed by atoms with Crippen LogP contribution in [-0.2, 0) is 4.74 Å². The average molecular weight is 243 g/mol. The molecule has 0 aliphatic carbocycles. The molecule has 0 spiro atoms. The third-order valence-electron chi connectivity index (χ3n) is 3.34. The van der Waals surface area contributed by atoms with Crippen molar-refractivity contribution in [1.82, 2.24) is 5.32 Å². The molecule has 2 aromatic rings. The van der Waals surface area contributed by atoms with Crippen LogP contribution in [0.4, 0.5) is 0 Å². The molecule has 0 amide bonds. The molecule has 0 aliphatic heterocycles. The van der Waals surface area contributed by atoms with Crippen molar-refractivity contribution in [3.05, 3.63) is 48.0 Å². The van der Waals surface area contributed by atoms with E-state index in [1.54, 1.807) is 0 Å². The van der Waals surface area contributed by atoms with Gasteiger partial charge in [-0.25, -0.2) is 0 Å². The van der Waals surface area contributed by atoms with Gasteiger partial charge in [0.2, 0.25) is 0 Å². The third kappa shape index (κ3) is 2.71. The van der Waals surface area contributed by atoms with Crippen LogP contribution in [0.3, 0.4) is 0 Å². The summed E-state index contributed by atoms with van der Waals surface area (Å²) in [6, 6.07) is 15.3. The molecule has 0 aromatic heterocycles. The van der Waals surface area contributed by atoms with E-state index < -0.39 is 0 Å². The van der Waals surface area contributed by atoms with Crippen LogP contribution in [-0.4, -0.2) is 19.8 Å². The molecule has 2 rings (SSSR count). The highest BCUT2D eigenvalue weighted by Gasteiger charge is 2.17. The first-order chi connectivity index (χ1) is 8.76. The lowest BCUT2D eigenvalue weighted by molar-refractivity contribution is 0.0493. The first-order valence-corrected chi connectivity index (χ1v) is 6.53. The molecule has 96 valence electrons. The zero-order chi connectivity index (χ0) is 13.0. The number of rotatable bonds is 5. The number of nitrogens with one attached hydrogen (secondary N) is 1. The minimum absolute atomic E-state index is 0.168. The lowest BCUT2D eigenvalue weighted by atomic mass is 9.99. The summed E-state index contributed by atoms with van der Waals surface area (Å²) in [5.74, 6) is 0. The summed E-state index contributed by atoms with van der Waals surface area (Å²) in [7, 11) is 1.98. The largest absolute Gasteiger partial charge is 0.377 e. The van der Waals surface area contributed by atoms with Crippen molar-refractivity contribution in [1.29, 1.82) is 0 Å². The average Bonchev–Trinajstić information content (AvgIpc) is 2.40. The number of fused-ring (bicyclic) bond motifs is 1. The van der Waals surface area contributed by atoms with Gasteiger partial charge in [-0.15, -0.1) is 0 Å². The van der Waals surface area contributed by atoms with E-state index in [1.165, 1.54) is 16.3 Å². The molecule has 0 fully saturated rings. The standard InChI is InChI=1S/C16H21NO/c1-4-18-12(2)16(17-3)15-10-9-13-7-5-6-8-14(13)11-15/h5-12,16-17H,4H2,1-3H3. The van der Waals surface area contributed by atoms with Crippen LogP contribution in [0, 0.1) is 0 Å². The Morgan fingerprint density at radius 2 is 1.83 bits per heavy atom. The minimum Gasteiger partial charge on any atom is -0.377 e. The monoisotopic (exact) mass is 243 g/mol. The van der Waals surface area contributed by atoms with Crippen molar-refractivity contribution in [3.63, 3.8) is 0 Å². The molecular formula is C16H21NO. The quantitative estimate of drug-likeness (QED) is 0.867. The van der Waals surface area contributed by atoms with Crippen LogP contribution < -0.4 is 5.32 Å². The van der Waals surface area contributed by atoms with Gasteiger partial charge in [0.1, 0.15) is 0 Å². The highest BCUT2D eigenvalue weighted by molar-refractivity contribution is 5.83. The van der Waals surface area contributed by atoms with Crippen LogP contribution in [0.5, 0.6) is 0 Å². The molecule has 0 aliphatic rings. The maximum atomic E-state index is 5.70. The smallest absolute Gasteiger partial charge is 0.0741 e.